The van der Waals surface area contributed by atoms with Gasteiger partial charge in [-0.3, -0.25) is 9.36 Å². The van der Waals surface area contributed by atoms with Gasteiger partial charge in [0, 0.05) is 24.5 Å². The Bertz CT molecular complexity index is 1430. The second kappa shape index (κ2) is 11.0. The number of nitrogens with zero attached hydrogens (tertiary/aromatic N) is 4. The number of thiophene rings is 1. The molecule has 1 saturated heterocycles. The van der Waals surface area contributed by atoms with Gasteiger partial charge in [0.05, 0.1) is 15.5 Å². The summed E-state index contributed by atoms with van der Waals surface area (Å²) in [4.78, 5) is 14.0. The van der Waals surface area contributed by atoms with Crippen molar-refractivity contribution in [2.45, 2.75) is 29.3 Å². The third-order valence-corrected chi connectivity index (χ3v) is 9.48. The van der Waals surface area contributed by atoms with E-state index in [1.54, 1.807) is 29.5 Å². The lowest BCUT2D eigenvalue weighted by molar-refractivity contribution is -0.113. The summed E-state index contributed by atoms with van der Waals surface area (Å²) in [6.45, 7) is 1.07. The average Bonchev–Trinajstić information content (AvgIpc) is 3.59. The van der Waals surface area contributed by atoms with E-state index in [1.165, 1.54) is 22.1 Å². The number of carbonyl (C=O) groups is 1. The number of thioether (sulfide) groups is 1. The van der Waals surface area contributed by atoms with E-state index in [-0.39, 0.29) is 16.6 Å². The predicted molar refractivity (Wildman–Crippen MR) is 143 cm³/mol. The molecule has 0 atom stereocenters. The van der Waals surface area contributed by atoms with E-state index in [9.17, 15) is 13.2 Å². The minimum Gasteiger partial charge on any atom is -0.325 e. The van der Waals surface area contributed by atoms with Crippen LogP contribution in [0.3, 0.4) is 0 Å². The first-order valence-corrected chi connectivity index (χ1v) is 14.9. The fraction of sp³-hybridized carbons (Fsp3) is 0.240. The van der Waals surface area contributed by atoms with E-state index < -0.39 is 10.0 Å². The number of benzene rings is 2. The Morgan fingerprint density at radius 1 is 0.972 bits per heavy atom. The third kappa shape index (κ3) is 5.39. The summed E-state index contributed by atoms with van der Waals surface area (Å²) in [5, 5.41) is 14.1. The second-order valence-electron chi connectivity index (χ2n) is 8.28. The van der Waals surface area contributed by atoms with E-state index in [0.717, 1.165) is 35.7 Å². The van der Waals surface area contributed by atoms with Gasteiger partial charge in [0.15, 0.2) is 11.0 Å². The largest absolute Gasteiger partial charge is 0.325 e. The molecule has 1 aliphatic rings. The van der Waals surface area contributed by atoms with Crippen LogP contribution in [0, 0.1) is 0 Å². The number of amides is 1. The van der Waals surface area contributed by atoms with Gasteiger partial charge in [-0.05, 0) is 54.6 Å². The Morgan fingerprint density at radius 3 is 2.53 bits per heavy atom. The number of anilines is 1. The number of nitrogens with one attached hydrogen (secondary N) is 1. The fourth-order valence-electron chi connectivity index (χ4n) is 4.05. The normalized spacial score (nSPS) is 14.6. The molecule has 0 unspecified atom stereocenters. The Balaban J connectivity index is 1.30. The standard InChI is InChI=1S/C25H25N5O3S3/c31-23(26-19-9-7-12-21(17-19)36(32,33)29-14-5-2-6-15-29)18-35-25-28-27-24(22-13-8-16-34-22)30(25)20-10-3-1-4-11-20/h1,3-4,7-13,16-17H,2,5-6,14-15,18H2,(H,26,31). The van der Waals surface area contributed by atoms with Crippen LogP contribution in [0.4, 0.5) is 5.69 Å². The van der Waals surface area contributed by atoms with Crippen molar-refractivity contribution in [2.75, 3.05) is 24.2 Å². The lowest BCUT2D eigenvalue weighted by atomic mass is 10.2. The maximum absolute atomic E-state index is 13.0. The van der Waals surface area contributed by atoms with E-state index >= 15 is 0 Å². The zero-order chi connectivity index (χ0) is 25.0. The molecule has 1 aliphatic heterocycles. The zero-order valence-corrected chi connectivity index (χ0v) is 21.9. The zero-order valence-electron chi connectivity index (χ0n) is 19.4. The van der Waals surface area contributed by atoms with E-state index in [1.807, 2.05) is 52.4 Å². The minimum absolute atomic E-state index is 0.0957. The number of carbonyl (C=O) groups excluding carboxylic acids is 1. The Kier molecular flexibility index (Phi) is 7.51. The van der Waals surface area contributed by atoms with Crippen molar-refractivity contribution < 1.29 is 13.2 Å². The first kappa shape index (κ1) is 24.7. The van der Waals surface area contributed by atoms with Crippen LogP contribution in [0.25, 0.3) is 16.4 Å². The van der Waals surface area contributed by atoms with E-state index in [2.05, 4.69) is 15.5 Å². The van der Waals surface area contributed by atoms with Gasteiger partial charge in [-0.15, -0.1) is 21.5 Å². The molecule has 0 radical (unpaired) electrons. The van der Waals surface area contributed by atoms with Crippen LogP contribution in [0.5, 0.6) is 0 Å². The molecule has 4 aromatic rings. The van der Waals surface area contributed by atoms with Gasteiger partial charge in [-0.2, -0.15) is 4.31 Å². The maximum Gasteiger partial charge on any atom is 0.243 e. The first-order valence-electron chi connectivity index (χ1n) is 11.6. The van der Waals surface area contributed by atoms with Gasteiger partial charge >= 0.3 is 0 Å². The lowest BCUT2D eigenvalue weighted by Crippen LogP contribution is -2.35. The van der Waals surface area contributed by atoms with Crippen molar-refractivity contribution in [3.05, 3.63) is 72.1 Å². The van der Waals surface area contributed by atoms with E-state index in [4.69, 9.17) is 0 Å². The van der Waals surface area contributed by atoms with Crippen LogP contribution in [-0.4, -0.2) is 52.2 Å². The van der Waals surface area contributed by atoms with Gasteiger partial charge in [-0.1, -0.05) is 48.5 Å². The molecule has 2 aromatic carbocycles. The van der Waals surface area contributed by atoms with Crippen molar-refractivity contribution >= 4 is 44.7 Å². The number of aromatic nitrogens is 3. The molecule has 186 valence electrons. The molecule has 1 amide bonds. The van der Waals surface area contributed by atoms with E-state index in [0.29, 0.717) is 23.9 Å². The predicted octanol–water partition coefficient (Wildman–Crippen LogP) is 4.90. The summed E-state index contributed by atoms with van der Waals surface area (Å²) in [5.41, 5.74) is 1.35. The number of piperidine rings is 1. The number of hydrogen-bond acceptors (Lipinski definition) is 7. The third-order valence-electron chi connectivity index (χ3n) is 5.79. The SMILES string of the molecule is O=C(CSc1nnc(-c2cccs2)n1-c1ccccc1)Nc1cccc(S(=O)(=O)N2CCCCC2)c1. The van der Waals surface area contributed by atoms with Crippen LogP contribution in [0.2, 0.25) is 0 Å². The molecular formula is C25H25N5O3S3. The van der Waals surface area contributed by atoms with Crippen molar-refractivity contribution in [1.82, 2.24) is 19.1 Å². The molecule has 1 fully saturated rings. The maximum atomic E-state index is 13.0. The summed E-state index contributed by atoms with van der Waals surface area (Å²) < 4.78 is 29.5. The van der Waals surface area contributed by atoms with Crippen LogP contribution in [0.15, 0.2) is 82.2 Å². The highest BCUT2D eigenvalue weighted by Gasteiger charge is 2.26. The van der Waals surface area contributed by atoms with Crippen molar-refractivity contribution in [1.29, 1.82) is 0 Å². The molecule has 0 bridgehead atoms. The topological polar surface area (TPSA) is 97.2 Å². The molecule has 2 aromatic heterocycles. The highest BCUT2D eigenvalue weighted by atomic mass is 32.2. The summed E-state index contributed by atoms with van der Waals surface area (Å²) in [5.74, 6) is 0.556. The molecular weight excluding hydrogens is 515 g/mol. The minimum atomic E-state index is -3.57. The molecule has 0 saturated carbocycles. The fourth-order valence-corrected chi connectivity index (χ4v) is 7.07. The molecule has 0 spiro atoms. The van der Waals surface area contributed by atoms with Gasteiger partial charge in [0.2, 0.25) is 15.9 Å². The summed E-state index contributed by atoms with van der Waals surface area (Å²) in [6, 6.07) is 20.2. The second-order valence-corrected chi connectivity index (χ2v) is 12.1. The quantitative estimate of drug-likeness (QED) is 0.320. The molecule has 5 rings (SSSR count). The smallest absolute Gasteiger partial charge is 0.243 e. The van der Waals surface area contributed by atoms with Crippen molar-refractivity contribution in [3.8, 4) is 16.4 Å². The molecule has 8 nitrogen and oxygen atoms in total. The Labute approximate surface area is 218 Å². The molecule has 11 heteroatoms. The highest BCUT2D eigenvalue weighted by molar-refractivity contribution is 7.99. The van der Waals surface area contributed by atoms with Crippen LogP contribution < -0.4 is 5.32 Å². The molecule has 1 N–H and O–H groups in total. The lowest BCUT2D eigenvalue weighted by Gasteiger charge is -2.26. The highest BCUT2D eigenvalue weighted by Crippen LogP contribution is 2.30. The molecule has 3 heterocycles. The number of hydrogen-bond donors (Lipinski definition) is 1. The van der Waals surface area contributed by atoms with Crippen LogP contribution in [-0.2, 0) is 14.8 Å². The van der Waals surface area contributed by atoms with Crippen molar-refractivity contribution in [2.24, 2.45) is 0 Å². The number of para-hydroxylation sites is 1. The summed E-state index contributed by atoms with van der Waals surface area (Å²) >= 11 is 2.85. The number of sulfonamides is 1. The van der Waals surface area contributed by atoms with Crippen LogP contribution >= 0.6 is 23.1 Å². The first-order chi connectivity index (χ1) is 17.5. The Hall–Kier alpha value is -2.99. The van der Waals surface area contributed by atoms with Crippen molar-refractivity contribution in [3.63, 3.8) is 0 Å². The summed E-state index contributed by atoms with van der Waals surface area (Å²) in [7, 11) is -3.57. The van der Waals surface area contributed by atoms with Gasteiger partial charge in [0.25, 0.3) is 0 Å². The van der Waals surface area contributed by atoms with Crippen LogP contribution in [0.1, 0.15) is 19.3 Å². The van der Waals surface area contributed by atoms with Gasteiger partial charge < -0.3 is 5.32 Å². The Morgan fingerprint density at radius 2 is 1.78 bits per heavy atom. The van der Waals surface area contributed by atoms with Gasteiger partial charge in [0.1, 0.15) is 0 Å². The molecule has 0 aliphatic carbocycles. The molecule has 36 heavy (non-hydrogen) atoms. The number of rotatable bonds is 8. The summed E-state index contributed by atoms with van der Waals surface area (Å²) in [6.07, 6.45) is 2.79. The monoisotopic (exact) mass is 539 g/mol. The average molecular weight is 540 g/mol. The van der Waals surface area contributed by atoms with Gasteiger partial charge in [-0.25, -0.2) is 8.42 Å².